The minimum absolute atomic E-state index is 0.435. The summed E-state index contributed by atoms with van der Waals surface area (Å²) in [5.74, 6) is 4.42. The maximum absolute atomic E-state index is 11.7. The van der Waals surface area contributed by atoms with Gasteiger partial charge < -0.3 is 4.84 Å². The molecule has 0 atom stereocenters. The summed E-state index contributed by atoms with van der Waals surface area (Å²) in [6, 6.07) is 18.8. The molecule has 0 aliphatic heterocycles. The number of benzene rings is 2. The first-order valence-corrected chi connectivity index (χ1v) is 5.54. The van der Waals surface area contributed by atoms with Crippen LogP contribution in [-0.2, 0) is 9.63 Å². The molecule has 0 spiro atoms. The van der Waals surface area contributed by atoms with Gasteiger partial charge in [-0.15, -0.1) is 0 Å². The molecule has 3 heteroatoms. The lowest BCUT2D eigenvalue weighted by Gasteiger charge is -2.05. The van der Waals surface area contributed by atoms with Crippen molar-refractivity contribution in [3.05, 3.63) is 71.8 Å². The average molecular weight is 239 g/mol. The van der Waals surface area contributed by atoms with Crippen LogP contribution < -0.4 is 5.90 Å². The Morgan fingerprint density at radius 2 is 1.50 bits per heavy atom. The molecule has 0 aromatic heterocycles. The Morgan fingerprint density at radius 1 is 0.944 bits per heavy atom. The highest BCUT2D eigenvalue weighted by Crippen LogP contribution is 2.19. The Bertz CT molecular complexity index is 547. The van der Waals surface area contributed by atoms with Gasteiger partial charge in [0.15, 0.2) is 0 Å². The molecule has 3 nitrogen and oxygen atoms in total. The van der Waals surface area contributed by atoms with Crippen LogP contribution in [0.25, 0.3) is 11.6 Å². The van der Waals surface area contributed by atoms with E-state index in [0.29, 0.717) is 5.57 Å². The van der Waals surface area contributed by atoms with Gasteiger partial charge in [0.25, 0.3) is 0 Å². The SMILES string of the molecule is NOC(=O)C(=Cc1ccccc1)c1ccccc1. The van der Waals surface area contributed by atoms with Gasteiger partial charge in [-0.25, -0.2) is 4.79 Å². The van der Waals surface area contributed by atoms with Crippen LogP contribution >= 0.6 is 0 Å². The molecule has 2 aromatic carbocycles. The number of carbonyl (C=O) groups is 1. The van der Waals surface area contributed by atoms with Crippen molar-refractivity contribution in [2.45, 2.75) is 0 Å². The first-order chi connectivity index (χ1) is 8.81. The predicted octanol–water partition coefficient (Wildman–Crippen LogP) is 2.64. The van der Waals surface area contributed by atoms with Gasteiger partial charge in [0.05, 0.1) is 5.57 Å². The van der Waals surface area contributed by atoms with Crippen LogP contribution in [0.2, 0.25) is 0 Å². The lowest BCUT2D eigenvalue weighted by Crippen LogP contribution is -2.11. The second-order valence-electron chi connectivity index (χ2n) is 3.74. The molecule has 90 valence electrons. The third kappa shape index (κ3) is 2.84. The van der Waals surface area contributed by atoms with E-state index < -0.39 is 5.97 Å². The summed E-state index contributed by atoms with van der Waals surface area (Å²) in [6.07, 6.45) is 1.75. The van der Waals surface area contributed by atoms with Crippen molar-refractivity contribution in [2.75, 3.05) is 0 Å². The summed E-state index contributed by atoms with van der Waals surface area (Å²) in [7, 11) is 0. The molecule has 2 N–H and O–H groups in total. The van der Waals surface area contributed by atoms with E-state index in [-0.39, 0.29) is 0 Å². The molecule has 0 amide bonds. The lowest BCUT2D eigenvalue weighted by molar-refractivity contribution is -0.137. The van der Waals surface area contributed by atoms with Crippen molar-refractivity contribution in [1.82, 2.24) is 0 Å². The van der Waals surface area contributed by atoms with Crippen molar-refractivity contribution >= 4 is 17.6 Å². The fourth-order valence-corrected chi connectivity index (χ4v) is 1.66. The minimum atomic E-state index is -0.551. The summed E-state index contributed by atoms with van der Waals surface area (Å²) in [5.41, 5.74) is 2.13. The number of nitrogens with two attached hydrogens (primary N) is 1. The van der Waals surface area contributed by atoms with Crippen molar-refractivity contribution < 1.29 is 9.63 Å². The van der Waals surface area contributed by atoms with Gasteiger partial charge in [-0.1, -0.05) is 60.7 Å². The Morgan fingerprint density at radius 3 is 2.06 bits per heavy atom. The number of hydrogen-bond donors (Lipinski definition) is 1. The number of carbonyl (C=O) groups excluding carboxylic acids is 1. The van der Waals surface area contributed by atoms with Crippen molar-refractivity contribution in [3.63, 3.8) is 0 Å². The van der Waals surface area contributed by atoms with Crippen LogP contribution in [-0.4, -0.2) is 5.97 Å². The smallest absolute Gasteiger partial charge is 0.357 e. The Balaban J connectivity index is 2.44. The molecule has 0 aliphatic rings. The second-order valence-corrected chi connectivity index (χ2v) is 3.74. The zero-order chi connectivity index (χ0) is 12.8. The lowest BCUT2D eigenvalue weighted by atomic mass is 10.0. The minimum Gasteiger partial charge on any atom is -0.370 e. The molecule has 0 fully saturated rings. The molecular formula is C15H13NO2. The molecule has 2 rings (SSSR count). The summed E-state index contributed by atoms with van der Waals surface area (Å²) < 4.78 is 0. The highest BCUT2D eigenvalue weighted by atomic mass is 16.7. The highest BCUT2D eigenvalue weighted by Gasteiger charge is 2.12. The predicted molar refractivity (Wildman–Crippen MR) is 71.0 cm³/mol. The van der Waals surface area contributed by atoms with E-state index >= 15 is 0 Å². The van der Waals surface area contributed by atoms with E-state index in [2.05, 4.69) is 4.84 Å². The van der Waals surface area contributed by atoms with E-state index in [1.807, 2.05) is 60.7 Å². The van der Waals surface area contributed by atoms with E-state index in [9.17, 15) is 4.79 Å². The first kappa shape index (κ1) is 12.1. The monoisotopic (exact) mass is 239 g/mol. The van der Waals surface area contributed by atoms with E-state index in [1.54, 1.807) is 6.08 Å². The highest BCUT2D eigenvalue weighted by molar-refractivity contribution is 6.21. The van der Waals surface area contributed by atoms with Crippen LogP contribution in [0.3, 0.4) is 0 Å². The number of hydrogen-bond acceptors (Lipinski definition) is 3. The summed E-state index contributed by atoms with van der Waals surface area (Å²) >= 11 is 0. The Kier molecular flexibility index (Phi) is 3.89. The van der Waals surface area contributed by atoms with Gasteiger partial charge in [-0.3, -0.25) is 0 Å². The van der Waals surface area contributed by atoms with Gasteiger partial charge in [0.2, 0.25) is 0 Å². The van der Waals surface area contributed by atoms with Gasteiger partial charge in [-0.05, 0) is 17.2 Å². The van der Waals surface area contributed by atoms with Crippen LogP contribution in [0.5, 0.6) is 0 Å². The van der Waals surface area contributed by atoms with Gasteiger partial charge in [0, 0.05) is 0 Å². The van der Waals surface area contributed by atoms with Crippen LogP contribution in [0.4, 0.5) is 0 Å². The molecule has 0 radical (unpaired) electrons. The maximum atomic E-state index is 11.7. The first-order valence-electron chi connectivity index (χ1n) is 5.54. The van der Waals surface area contributed by atoms with Crippen molar-refractivity contribution in [3.8, 4) is 0 Å². The Labute approximate surface area is 105 Å². The van der Waals surface area contributed by atoms with Crippen molar-refractivity contribution in [2.24, 2.45) is 5.90 Å². The quantitative estimate of drug-likeness (QED) is 0.509. The third-order valence-electron chi connectivity index (χ3n) is 2.52. The average Bonchev–Trinajstić information content (AvgIpc) is 2.46. The van der Waals surface area contributed by atoms with Crippen LogP contribution in [0.1, 0.15) is 11.1 Å². The molecule has 0 saturated carbocycles. The fourth-order valence-electron chi connectivity index (χ4n) is 1.66. The standard InChI is InChI=1S/C15H13NO2/c16-18-15(17)14(13-9-5-2-6-10-13)11-12-7-3-1-4-8-12/h1-11H,16H2. The van der Waals surface area contributed by atoms with Gasteiger partial charge >= 0.3 is 5.97 Å². The molecule has 0 bridgehead atoms. The fraction of sp³-hybridized carbons (Fsp3) is 0. The molecule has 0 saturated heterocycles. The topological polar surface area (TPSA) is 52.3 Å². The molecule has 0 unspecified atom stereocenters. The van der Waals surface area contributed by atoms with Crippen LogP contribution in [0.15, 0.2) is 60.7 Å². The van der Waals surface area contributed by atoms with Crippen molar-refractivity contribution in [1.29, 1.82) is 0 Å². The molecule has 0 aliphatic carbocycles. The van der Waals surface area contributed by atoms with E-state index in [4.69, 9.17) is 5.90 Å². The number of rotatable bonds is 3. The zero-order valence-corrected chi connectivity index (χ0v) is 9.74. The normalized spacial score (nSPS) is 11.1. The molecular weight excluding hydrogens is 226 g/mol. The summed E-state index contributed by atoms with van der Waals surface area (Å²) in [6.45, 7) is 0. The third-order valence-corrected chi connectivity index (χ3v) is 2.52. The summed E-state index contributed by atoms with van der Waals surface area (Å²) in [4.78, 5) is 16.0. The van der Waals surface area contributed by atoms with Gasteiger partial charge in [-0.2, -0.15) is 5.90 Å². The molecule has 2 aromatic rings. The van der Waals surface area contributed by atoms with Crippen LogP contribution in [0, 0.1) is 0 Å². The molecule has 0 heterocycles. The summed E-state index contributed by atoms with van der Waals surface area (Å²) in [5, 5.41) is 0. The van der Waals surface area contributed by atoms with Gasteiger partial charge in [0.1, 0.15) is 0 Å². The van der Waals surface area contributed by atoms with E-state index in [0.717, 1.165) is 11.1 Å². The Hall–Kier alpha value is -2.39. The largest absolute Gasteiger partial charge is 0.370 e. The van der Waals surface area contributed by atoms with E-state index in [1.165, 1.54) is 0 Å². The maximum Gasteiger partial charge on any atom is 0.357 e. The zero-order valence-electron chi connectivity index (χ0n) is 9.74. The molecule has 18 heavy (non-hydrogen) atoms. The second kappa shape index (κ2) is 5.80.